The summed E-state index contributed by atoms with van der Waals surface area (Å²) in [6.07, 6.45) is 7.39. The standard InChI is InChI=1S/C28H24F2N4O2S.C25H23F2N3O2/c1-17(2)24-20(14-18-6-4-3-5-7-18)26-33-23(36-28-31-11-13-37-28)10-12-34(26)25(24)27(35)32-16-19-8-9-21(29)22(30)15-19;1-15(2)22-19(10-16-6-4-3-5-7-16)24-28-13-18(31)14-30(24)23(22)25(32)29-12-17-8-9-20(26)21(27)11-17/h3-13,15,17H,14,16H2,1-2H3,(H,32,35);3-9,11,13-15,31H,10,12H2,1-2H3,(H,29,32). The minimum absolute atomic E-state index is 0.00145. The van der Waals surface area contributed by atoms with Gasteiger partial charge in [-0.05, 0) is 69.5 Å². The fourth-order valence-electron chi connectivity index (χ4n) is 8.29. The molecule has 0 saturated carbocycles. The Bertz CT molecular complexity index is 3270. The number of benzene rings is 4. The number of nitrogens with zero attached hydrogens (tertiary/aromatic N) is 5. The zero-order valence-corrected chi connectivity index (χ0v) is 38.8. The van der Waals surface area contributed by atoms with Crippen LogP contribution in [0.15, 0.2) is 133 Å². The summed E-state index contributed by atoms with van der Waals surface area (Å²) in [7, 11) is 0. The van der Waals surface area contributed by atoms with Gasteiger partial charge in [-0.1, -0.05) is 112 Å². The van der Waals surface area contributed by atoms with Gasteiger partial charge in [-0.25, -0.2) is 27.5 Å². The van der Waals surface area contributed by atoms with Crippen LogP contribution in [0.2, 0.25) is 0 Å². The molecule has 4 aromatic carbocycles. The third-order valence-corrected chi connectivity index (χ3v) is 12.0. The van der Waals surface area contributed by atoms with Crippen molar-refractivity contribution in [2.24, 2.45) is 0 Å². The first-order valence-corrected chi connectivity index (χ1v) is 23.0. The number of amides is 2. The molecule has 69 heavy (non-hydrogen) atoms. The van der Waals surface area contributed by atoms with Crippen molar-refractivity contribution in [2.75, 3.05) is 0 Å². The molecule has 0 bridgehead atoms. The first-order chi connectivity index (χ1) is 33.2. The van der Waals surface area contributed by atoms with E-state index >= 15 is 0 Å². The number of fused-ring (bicyclic) bond motifs is 2. The molecule has 16 heteroatoms. The zero-order chi connectivity index (χ0) is 48.8. The molecule has 0 aliphatic heterocycles. The van der Waals surface area contributed by atoms with Crippen molar-refractivity contribution >= 4 is 34.4 Å². The lowest BCUT2D eigenvalue weighted by Crippen LogP contribution is -2.25. The van der Waals surface area contributed by atoms with Gasteiger partial charge < -0.3 is 20.5 Å². The fraction of sp³-hybridized carbons (Fsp3) is 0.189. The van der Waals surface area contributed by atoms with Gasteiger partial charge in [0.2, 0.25) is 5.88 Å². The third kappa shape index (κ3) is 10.8. The molecule has 352 valence electrons. The van der Waals surface area contributed by atoms with Crippen molar-refractivity contribution in [2.45, 2.75) is 65.5 Å². The molecule has 0 aliphatic rings. The van der Waals surface area contributed by atoms with Crippen LogP contribution in [0.3, 0.4) is 0 Å². The van der Waals surface area contributed by atoms with Crippen LogP contribution in [0, 0.1) is 23.3 Å². The van der Waals surface area contributed by atoms with Gasteiger partial charge in [0.05, 0.1) is 12.4 Å². The van der Waals surface area contributed by atoms with Crippen molar-refractivity contribution in [1.82, 2.24) is 34.4 Å². The van der Waals surface area contributed by atoms with E-state index in [0.29, 0.717) is 57.7 Å². The summed E-state index contributed by atoms with van der Waals surface area (Å²) >= 11 is 1.36. The molecular formula is C53H47F4N7O4S. The van der Waals surface area contributed by atoms with Crippen LogP contribution < -0.4 is 15.4 Å². The minimum Gasteiger partial charge on any atom is -0.505 e. The Morgan fingerprint density at radius 2 is 1.17 bits per heavy atom. The van der Waals surface area contributed by atoms with Gasteiger partial charge >= 0.3 is 0 Å². The van der Waals surface area contributed by atoms with E-state index in [-0.39, 0.29) is 42.5 Å². The number of nitrogens with one attached hydrogen (secondary N) is 2. The lowest BCUT2D eigenvalue weighted by molar-refractivity contribution is 0.0935. The van der Waals surface area contributed by atoms with E-state index in [4.69, 9.17) is 9.72 Å². The largest absolute Gasteiger partial charge is 0.505 e. The Labute approximate surface area is 399 Å². The molecule has 0 unspecified atom stereocenters. The van der Waals surface area contributed by atoms with Crippen LogP contribution >= 0.6 is 11.3 Å². The molecular weight excluding hydrogens is 907 g/mol. The molecule has 0 atom stereocenters. The first kappa shape index (κ1) is 47.6. The monoisotopic (exact) mass is 953 g/mol. The van der Waals surface area contributed by atoms with Gasteiger partial charge in [-0.2, -0.15) is 4.98 Å². The van der Waals surface area contributed by atoms with Crippen molar-refractivity contribution < 1.29 is 37.0 Å². The van der Waals surface area contributed by atoms with Crippen LogP contribution in [0.5, 0.6) is 16.8 Å². The normalized spacial score (nSPS) is 11.3. The van der Waals surface area contributed by atoms with E-state index in [2.05, 4.69) is 20.6 Å². The number of halogens is 4. The Morgan fingerprint density at radius 1 is 0.652 bits per heavy atom. The van der Waals surface area contributed by atoms with Crippen LogP contribution in [0.25, 0.3) is 11.3 Å². The molecule has 5 aromatic heterocycles. The van der Waals surface area contributed by atoms with Crippen LogP contribution in [0.4, 0.5) is 17.6 Å². The lowest BCUT2D eigenvalue weighted by Gasteiger charge is -2.12. The highest BCUT2D eigenvalue weighted by Crippen LogP contribution is 2.35. The topological polar surface area (TPSA) is 135 Å². The lowest BCUT2D eigenvalue weighted by atomic mass is 9.94. The Morgan fingerprint density at radius 3 is 1.67 bits per heavy atom. The SMILES string of the molecule is CC(C)c1c(Cc2ccccc2)c2nc(Oc3nccs3)ccn2c1C(=O)NCc1ccc(F)c(F)c1.CC(C)c1c(Cc2ccccc2)c2ncc(O)cn2c1C(=O)NCc1ccc(F)c(F)c1. The third-order valence-electron chi connectivity index (χ3n) is 11.3. The molecule has 2 amide bonds. The number of aromatic nitrogens is 5. The molecule has 3 N–H and O–H groups in total. The summed E-state index contributed by atoms with van der Waals surface area (Å²) in [5.41, 5.74) is 8.60. The molecule has 9 aromatic rings. The number of hydrogen-bond acceptors (Lipinski definition) is 8. The van der Waals surface area contributed by atoms with Gasteiger partial charge in [0.25, 0.3) is 17.0 Å². The quantitative estimate of drug-likeness (QED) is 0.0924. The van der Waals surface area contributed by atoms with E-state index in [9.17, 15) is 32.3 Å². The Kier molecular flexibility index (Phi) is 14.5. The van der Waals surface area contributed by atoms with Gasteiger partial charge in [0.15, 0.2) is 29.0 Å². The number of carbonyl (C=O) groups excluding carboxylic acids is 2. The number of ether oxygens (including phenoxy) is 1. The number of rotatable bonds is 14. The van der Waals surface area contributed by atoms with Crippen LogP contribution in [0.1, 0.15) is 105 Å². The average molecular weight is 954 g/mol. The van der Waals surface area contributed by atoms with E-state index in [1.165, 1.54) is 35.9 Å². The number of carbonyl (C=O) groups is 2. The van der Waals surface area contributed by atoms with Crippen molar-refractivity contribution in [1.29, 1.82) is 0 Å². The predicted molar refractivity (Wildman–Crippen MR) is 256 cm³/mol. The number of aromatic hydroxyl groups is 1. The van der Waals surface area contributed by atoms with Gasteiger partial charge in [-0.15, -0.1) is 0 Å². The second kappa shape index (κ2) is 21.0. The van der Waals surface area contributed by atoms with Gasteiger partial charge in [0.1, 0.15) is 22.7 Å². The maximum atomic E-state index is 13.7. The Hall–Kier alpha value is -7.85. The Balaban J connectivity index is 0.000000188. The van der Waals surface area contributed by atoms with Crippen molar-refractivity contribution in [3.63, 3.8) is 0 Å². The van der Waals surface area contributed by atoms with Gasteiger partial charge in [0, 0.05) is 60.9 Å². The van der Waals surface area contributed by atoms with Crippen LogP contribution in [-0.4, -0.2) is 40.7 Å². The summed E-state index contributed by atoms with van der Waals surface area (Å²) in [6, 6.07) is 28.6. The molecule has 5 heterocycles. The summed E-state index contributed by atoms with van der Waals surface area (Å²) in [5.74, 6) is -4.19. The average Bonchev–Trinajstić information content (AvgIpc) is 4.05. The number of thiazole rings is 1. The highest BCUT2D eigenvalue weighted by Gasteiger charge is 2.28. The smallest absolute Gasteiger partial charge is 0.279 e. The molecule has 11 nitrogen and oxygen atoms in total. The fourth-order valence-corrected chi connectivity index (χ4v) is 8.78. The van der Waals surface area contributed by atoms with E-state index in [1.807, 2.05) is 93.7 Å². The highest BCUT2D eigenvalue weighted by atomic mass is 32.1. The molecule has 9 rings (SSSR count). The second-order valence-electron chi connectivity index (χ2n) is 16.8. The highest BCUT2D eigenvalue weighted by molar-refractivity contribution is 7.11. The summed E-state index contributed by atoms with van der Waals surface area (Å²) < 4.78 is 62.9. The number of hydrogen-bond donors (Lipinski definition) is 3. The molecule has 0 saturated heterocycles. The van der Waals surface area contributed by atoms with Crippen molar-refractivity contribution in [3.05, 3.63) is 212 Å². The maximum Gasteiger partial charge on any atom is 0.279 e. The summed E-state index contributed by atoms with van der Waals surface area (Å²) in [5, 5.41) is 18.0. The first-order valence-electron chi connectivity index (χ1n) is 22.1. The predicted octanol–water partition coefficient (Wildman–Crippen LogP) is 11.5. The van der Waals surface area contributed by atoms with Crippen molar-refractivity contribution in [3.8, 4) is 16.8 Å². The molecule has 0 spiro atoms. The molecule has 0 fully saturated rings. The maximum absolute atomic E-state index is 13.7. The summed E-state index contributed by atoms with van der Waals surface area (Å²) in [4.78, 5) is 40.2. The van der Waals surface area contributed by atoms with E-state index < -0.39 is 23.3 Å². The van der Waals surface area contributed by atoms with E-state index in [1.54, 1.807) is 27.3 Å². The zero-order valence-electron chi connectivity index (χ0n) is 38.0. The van der Waals surface area contributed by atoms with Gasteiger partial charge in [-0.3, -0.25) is 18.4 Å². The van der Waals surface area contributed by atoms with Crippen LogP contribution in [-0.2, 0) is 25.9 Å². The summed E-state index contributed by atoms with van der Waals surface area (Å²) in [6.45, 7) is 8.13. The second-order valence-corrected chi connectivity index (χ2v) is 17.7. The van der Waals surface area contributed by atoms with E-state index in [0.717, 1.165) is 57.6 Å². The molecule has 0 aliphatic carbocycles. The minimum atomic E-state index is -0.966. The molecule has 0 radical (unpaired) electrons.